The summed E-state index contributed by atoms with van der Waals surface area (Å²) in [6.45, 7) is 1.22. The van der Waals surface area contributed by atoms with Gasteiger partial charge in [0.25, 0.3) is 5.91 Å². The van der Waals surface area contributed by atoms with E-state index in [0.29, 0.717) is 24.6 Å². The normalized spacial score (nSPS) is 10.3. The third kappa shape index (κ3) is 5.81. The lowest BCUT2D eigenvalue weighted by molar-refractivity contribution is 0.0947. The number of anilines is 1. The Kier molecular flexibility index (Phi) is 6.95. The number of aryl methyl sites for hydroxylation is 1. The molecule has 1 amide bonds. The van der Waals surface area contributed by atoms with Gasteiger partial charge >= 0.3 is 0 Å². The van der Waals surface area contributed by atoms with Crippen molar-refractivity contribution in [3.8, 4) is 5.75 Å². The molecule has 1 heterocycles. The van der Waals surface area contributed by atoms with E-state index in [1.807, 2.05) is 42.5 Å². The van der Waals surface area contributed by atoms with E-state index in [1.165, 1.54) is 5.56 Å². The minimum absolute atomic E-state index is 0.206. The van der Waals surface area contributed by atoms with Crippen molar-refractivity contribution >= 4 is 11.7 Å². The van der Waals surface area contributed by atoms with Gasteiger partial charge in [-0.05, 0) is 48.2 Å². The largest absolute Gasteiger partial charge is 0.497 e. The molecule has 0 aliphatic carbocycles. The number of nitrogens with one attached hydrogen (secondary N) is 2. The van der Waals surface area contributed by atoms with Crippen LogP contribution in [0.15, 0.2) is 66.7 Å². The van der Waals surface area contributed by atoms with Crippen molar-refractivity contribution in [1.29, 1.82) is 0 Å². The van der Waals surface area contributed by atoms with Crippen molar-refractivity contribution in [2.45, 2.75) is 19.4 Å². The summed E-state index contributed by atoms with van der Waals surface area (Å²) >= 11 is 0. The SMILES string of the molecule is COc1ccc(CNc2ccc(C(=O)NCCCc3ccccc3)nn2)cc1. The number of carbonyl (C=O) groups excluding carboxylic acids is 1. The number of benzene rings is 2. The lowest BCUT2D eigenvalue weighted by Crippen LogP contribution is -2.26. The van der Waals surface area contributed by atoms with Crippen LogP contribution < -0.4 is 15.4 Å². The van der Waals surface area contributed by atoms with Crippen molar-refractivity contribution < 1.29 is 9.53 Å². The second kappa shape index (κ2) is 10.1. The molecule has 6 heteroatoms. The van der Waals surface area contributed by atoms with Gasteiger partial charge in [-0.15, -0.1) is 10.2 Å². The number of rotatable bonds is 9. The first-order valence-corrected chi connectivity index (χ1v) is 9.27. The number of hydrogen-bond donors (Lipinski definition) is 2. The van der Waals surface area contributed by atoms with E-state index in [1.54, 1.807) is 19.2 Å². The van der Waals surface area contributed by atoms with E-state index in [-0.39, 0.29) is 5.91 Å². The summed E-state index contributed by atoms with van der Waals surface area (Å²) in [6, 6.07) is 21.4. The monoisotopic (exact) mass is 376 g/mol. The number of aromatic nitrogens is 2. The van der Waals surface area contributed by atoms with Gasteiger partial charge in [-0.1, -0.05) is 42.5 Å². The van der Waals surface area contributed by atoms with Crippen LogP contribution in [0.2, 0.25) is 0 Å². The topological polar surface area (TPSA) is 76.1 Å². The van der Waals surface area contributed by atoms with Crippen molar-refractivity contribution in [1.82, 2.24) is 15.5 Å². The molecule has 6 nitrogen and oxygen atoms in total. The quantitative estimate of drug-likeness (QED) is 0.559. The lowest BCUT2D eigenvalue weighted by atomic mass is 10.1. The molecule has 0 radical (unpaired) electrons. The minimum Gasteiger partial charge on any atom is -0.497 e. The van der Waals surface area contributed by atoms with Gasteiger partial charge in [0.05, 0.1) is 7.11 Å². The first-order chi connectivity index (χ1) is 13.7. The van der Waals surface area contributed by atoms with E-state index < -0.39 is 0 Å². The zero-order valence-electron chi connectivity index (χ0n) is 15.9. The van der Waals surface area contributed by atoms with Crippen LogP contribution in [0.25, 0.3) is 0 Å². The minimum atomic E-state index is -0.206. The Bertz CT molecular complexity index is 865. The molecule has 144 valence electrons. The molecule has 0 saturated heterocycles. The molecule has 3 aromatic rings. The van der Waals surface area contributed by atoms with Gasteiger partial charge in [-0.3, -0.25) is 4.79 Å². The fraction of sp³-hybridized carbons (Fsp3) is 0.227. The van der Waals surface area contributed by atoms with Crippen molar-refractivity contribution in [2.75, 3.05) is 19.0 Å². The van der Waals surface area contributed by atoms with Crippen LogP contribution in [0.3, 0.4) is 0 Å². The Labute approximate surface area is 165 Å². The van der Waals surface area contributed by atoms with Gasteiger partial charge in [-0.25, -0.2) is 0 Å². The molecule has 0 fully saturated rings. The van der Waals surface area contributed by atoms with Crippen LogP contribution >= 0.6 is 0 Å². The molecular weight excluding hydrogens is 352 g/mol. The van der Waals surface area contributed by atoms with E-state index in [2.05, 4.69) is 33.0 Å². The van der Waals surface area contributed by atoms with Crippen LogP contribution in [-0.2, 0) is 13.0 Å². The molecule has 0 atom stereocenters. The maximum atomic E-state index is 12.2. The predicted molar refractivity (Wildman–Crippen MR) is 109 cm³/mol. The van der Waals surface area contributed by atoms with Crippen molar-refractivity contribution in [3.05, 3.63) is 83.6 Å². The molecule has 0 saturated carbocycles. The van der Waals surface area contributed by atoms with Crippen LogP contribution in [0, 0.1) is 0 Å². The molecule has 0 aliphatic rings. The molecule has 0 aliphatic heterocycles. The highest BCUT2D eigenvalue weighted by Gasteiger charge is 2.07. The number of ether oxygens (including phenoxy) is 1. The smallest absolute Gasteiger partial charge is 0.271 e. The van der Waals surface area contributed by atoms with Crippen molar-refractivity contribution in [2.24, 2.45) is 0 Å². The third-order valence-electron chi connectivity index (χ3n) is 4.30. The highest BCUT2D eigenvalue weighted by Crippen LogP contribution is 2.12. The number of hydrogen-bond acceptors (Lipinski definition) is 5. The number of amides is 1. The zero-order valence-corrected chi connectivity index (χ0v) is 15.9. The van der Waals surface area contributed by atoms with Crippen LogP contribution in [0.5, 0.6) is 5.75 Å². The van der Waals surface area contributed by atoms with Crippen LogP contribution in [0.4, 0.5) is 5.82 Å². The molecule has 0 bridgehead atoms. The average molecular weight is 376 g/mol. The van der Waals surface area contributed by atoms with Gasteiger partial charge in [-0.2, -0.15) is 0 Å². The van der Waals surface area contributed by atoms with Gasteiger partial charge in [0.2, 0.25) is 0 Å². The molecule has 28 heavy (non-hydrogen) atoms. The summed E-state index contributed by atoms with van der Waals surface area (Å²) in [7, 11) is 1.64. The second-order valence-electron chi connectivity index (χ2n) is 6.35. The van der Waals surface area contributed by atoms with E-state index in [0.717, 1.165) is 24.2 Å². The molecule has 0 spiro atoms. The standard InChI is InChI=1S/C22H24N4O2/c1-28-19-11-9-18(10-12-19)16-24-21-14-13-20(25-26-21)22(27)23-15-5-8-17-6-3-2-4-7-17/h2-4,6-7,9-14H,5,8,15-16H2,1H3,(H,23,27)(H,24,26). The average Bonchev–Trinajstić information content (AvgIpc) is 2.76. The maximum Gasteiger partial charge on any atom is 0.271 e. The lowest BCUT2D eigenvalue weighted by Gasteiger charge is -2.07. The number of carbonyl (C=O) groups is 1. The number of nitrogens with zero attached hydrogens (tertiary/aromatic N) is 2. The predicted octanol–water partition coefficient (Wildman–Crippen LogP) is 3.46. The summed E-state index contributed by atoms with van der Waals surface area (Å²) in [5, 5.41) is 14.2. The highest BCUT2D eigenvalue weighted by atomic mass is 16.5. The fourth-order valence-corrected chi connectivity index (χ4v) is 2.71. The summed E-state index contributed by atoms with van der Waals surface area (Å²) in [5.41, 5.74) is 2.68. The number of methoxy groups -OCH3 is 1. The van der Waals surface area contributed by atoms with Crippen molar-refractivity contribution in [3.63, 3.8) is 0 Å². The summed E-state index contributed by atoms with van der Waals surface area (Å²) in [6.07, 6.45) is 1.81. The highest BCUT2D eigenvalue weighted by molar-refractivity contribution is 5.92. The third-order valence-corrected chi connectivity index (χ3v) is 4.30. The van der Waals surface area contributed by atoms with Gasteiger partial charge in [0.15, 0.2) is 5.69 Å². The van der Waals surface area contributed by atoms with Gasteiger partial charge < -0.3 is 15.4 Å². The first-order valence-electron chi connectivity index (χ1n) is 9.27. The summed E-state index contributed by atoms with van der Waals surface area (Å²) in [4.78, 5) is 12.2. The van der Waals surface area contributed by atoms with Crippen LogP contribution in [0.1, 0.15) is 28.0 Å². The first kappa shape index (κ1) is 19.4. The zero-order chi connectivity index (χ0) is 19.6. The van der Waals surface area contributed by atoms with Gasteiger partial charge in [0, 0.05) is 13.1 Å². The van der Waals surface area contributed by atoms with E-state index in [4.69, 9.17) is 4.74 Å². The molecule has 1 aromatic heterocycles. The Morgan fingerprint density at radius 2 is 1.71 bits per heavy atom. The fourth-order valence-electron chi connectivity index (χ4n) is 2.71. The maximum absolute atomic E-state index is 12.2. The Hall–Kier alpha value is -3.41. The van der Waals surface area contributed by atoms with E-state index in [9.17, 15) is 4.79 Å². The Balaban J connectivity index is 1.41. The Morgan fingerprint density at radius 3 is 2.39 bits per heavy atom. The molecule has 3 rings (SSSR count). The van der Waals surface area contributed by atoms with Crippen LogP contribution in [-0.4, -0.2) is 29.8 Å². The molecular formula is C22H24N4O2. The molecule has 2 aromatic carbocycles. The summed E-state index contributed by atoms with van der Waals surface area (Å²) in [5.74, 6) is 1.24. The second-order valence-corrected chi connectivity index (χ2v) is 6.35. The van der Waals surface area contributed by atoms with E-state index >= 15 is 0 Å². The molecule has 2 N–H and O–H groups in total. The Morgan fingerprint density at radius 1 is 0.929 bits per heavy atom. The molecule has 0 unspecified atom stereocenters. The van der Waals surface area contributed by atoms with Gasteiger partial charge in [0.1, 0.15) is 11.6 Å². The summed E-state index contributed by atoms with van der Waals surface area (Å²) < 4.78 is 5.14.